The fourth-order valence-electron chi connectivity index (χ4n) is 1.54. The van der Waals surface area contributed by atoms with E-state index >= 15 is 0 Å². The van der Waals surface area contributed by atoms with Crippen LogP contribution in [0, 0.1) is 5.82 Å². The molecule has 0 amide bonds. The fraction of sp³-hybridized carbons (Fsp3) is 0.0909. The second-order valence-corrected chi connectivity index (χ2v) is 3.59. The van der Waals surface area contributed by atoms with Crippen molar-refractivity contribution in [1.82, 2.24) is 9.97 Å². The molecule has 0 aliphatic heterocycles. The van der Waals surface area contributed by atoms with Crippen molar-refractivity contribution in [2.24, 2.45) is 5.84 Å². The lowest BCUT2D eigenvalue weighted by Gasteiger charge is -2.11. The minimum atomic E-state index is -4.78. The molecule has 2 aromatic rings. The van der Waals surface area contributed by atoms with Crippen LogP contribution < -0.4 is 11.3 Å². The Morgan fingerprint density at radius 1 is 1.11 bits per heavy atom. The molecule has 0 saturated heterocycles. The van der Waals surface area contributed by atoms with Gasteiger partial charge >= 0.3 is 6.18 Å². The normalized spacial score (nSPS) is 11.4. The average molecular weight is 272 g/mol. The number of aromatic nitrogens is 2. The summed E-state index contributed by atoms with van der Waals surface area (Å²) in [5.74, 6) is 3.95. The molecule has 0 unspecified atom stereocenters. The topological polar surface area (TPSA) is 63.8 Å². The van der Waals surface area contributed by atoms with Crippen LogP contribution in [0.2, 0.25) is 0 Å². The number of nitrogen functional groups attached to an aromatic ring is 1. The first-order chi connectivity index (χ1) is 8.93. The molecule has 100 valence electrons. The molecule has 0 radical (unpaired) electrons. The van der Waals surface area contributed by atoms with Gasteiger partial charge in [-0.25, -0.2) is 15.2 Å². The number of nitrogens with two attached hydrogens (primary N) is 1. The molecule has 3 N–H and O–H groups in total. The van der Waals surface area contributed by atoms with Crippen molar-refractivity contribution in [2.75, 3.05) is 5.43 Å². The van der Waals surface area contributed by atoms with Crippen LogP contribution in [0.3, 0.4) is 0 Å². The number of rotatable bonds is 2. The van der Waals surface area contributed by atoms with E-state index in [0.29, 0.717) is 6.07 Å². The van der Waals surface area contributed by atoms with Gasteiger partial charge in [0.2, 0.25) is 0 Å². The van der Waals surface area contributed by atoms with Gasteiger partial charge in [-0.15, -0.1) is 0 Å². The van der Waals surface area contributed by atoms with Gasteiger partial charge in [-0.1, -0.05) is 0 Å². The highest BCUT2D eigenvalue weighted by Crippen LogP contribution is 2.34. The average Bonchev–Trinajstić information content (AvgIpc) is 2.38. The Morgan fingerprint density at radius 3 is 2.42 bits per heavy atom. The summed E-state index contributed by atoms with van der Waals surface area (Å²) in [5, 5.41) is 0. The number of halogens is 4. The zero-order valence-corrected chi connectivity index (χ0v) is 9.37. The van der Waals surface area contributed by atoms with Gasteiger partial charge in [0.15, 0.2) is 5.82 Å². The molecule has 1 aromatic heterocycles. The molecule has 0 aliphatic carbocycles. The number of alkyl halides is 3. The summed E-state index contributed by atoms with van der Waals surface area (Å²) in [6.07, 6.45) is -2.15. The molecule has 0 spiro atoms. The number of hydrazine groups is 1. The maximum Gasteiger partial charge on any atom is 0.419 e. The number of benzene rings is 1. The second kappa shape index (κ2) is 4.81. The van der Waals surface area contributed by atoms with Crippen LogP contribution in [-0.4, -0.2) is 9.97 Å². The molecule has 1 heterocycles. The summed E-state index contributed by atoms with van der Waals surface area (Å²) in [7, 11) is 0. The Morgan fingerprint density at radius 2 is 1.79 bits per heavy atom. The molecular formula is C11H8F4N4. The van der Waals surface area contributed by atoms with Crippen molar-refractivity contribution >= 4 is 5.82 Å². The van der Waals surface area contributed by atoms with Crippen molar-refractivity contribution in [3.05, 3.63) is 42.0 Å². The highest BCUT2D eigenvalue weighted by molar-refractivity contribution is 5.71. The zero-order chi connectivity index (χ0) is 14.0. The third-order valence-electron chi connectivity index (χ3n) is 2.38. The summed E-state index contributed by atoms with van der Waals surface area (Å²) in [4.78, 5) is 7.69. The first-order valence-corrected chi connectivity index (χ1v) is 5.08. The third kappa shape index (κ3) is 2.63. The van der Waals surface area contributed by atoms with E-state index in [1.165, 1.54) is 18.5 Å². The van der Waals surface area contributed by atoms with E-state index in [1.807, 2.05) is 0 Å². The Balaban J connectivity index is 2.58. The number of nitrogens with zero attached hydrogens (tertiary/aromatic N) is 2. The van der Waals surface area contributed by atoms with Crippen LogP contribution in [-0.2, 0) is 6.18 Å². The molecule has 0 aliphatic rings. The van der Waals surface area contributed by atoms with Crippen molar-refractivity contribution in [3.8, 4) is 11.3 Å². The fourth-order valence-corrected chi connectivity index (χ4v) is 1.54. The summed E-state index contributed by atoms with van der Waals surface area (Å²) < 4.78 is 51.0. The largest absolute Gasteiger partial charge is 0.419 e. The lowest BCUT2D eigenvalue weighted by molar-refractivity contribution is -0.139. The van der Waals surface area contributed by atoms with E-state index < -0.39 is 17.6 Å². The molecule has 0 fully saturated rings. The number of hydrogen-bond acceptors (Lipinski definition) is 4. The molecule has 0 atom stereocenters. The van der Waals surface area contributed by atoms with Crippen molar-refractivity contribution in [3.63, 3.8) is 0 Å². The van der Waals surface area contributed by atoms with Gasteiger partial charge in [0.1, 0.15) is 11.5 Å². The van der Waals surface area contributed by atoms with Gasteiger partial charge in [0.25, 0.3) is 0 Å². The number of nitrogens with one attached hydrogen (secondary N) is 1. The number of anilines is 1. The zero-order valence-electron chi connectivity index (χ0n) is 9.37. The maximum atomic E-state index is 13.2. The van der Waals surface area contributed by atoms with Crippen LogP contribution >= 0.6 is 0 Å². The summed E-state index contributed by atoms with van der Waals surface area (Å²) in [6, 6.07) is 2.57. The van der Waals surface area contributed by atoms with Gasteiger partial charge in [0.05, 0.1) is 5.56 Å². The predicted octanol–water partition coefficient (Wildman–Crippen LogP) is 2.59. The lowest BCUT2D eigenvalue weighted by atomic mass is 10.1. The van der Waals surface area contributed by atoms with Crippen LogP contribution in [0.4, 0.5) is 23.4 Å². The standard InChI is InChI=1S/C11H8F4N4/c12-8-2-1-6(5-7(8)11(13,14)15)9-10(19-16)18-4-3-17-9/h1-5H,16H2,(H,18,19). The SMILES string of the molecule is NNc1nccnc1-c1ccc(F)c(C(F)(F)F)c1. The van der Waals surface area contributed by atoms with E-state index in [4.69, 9.17) is 5.84 Å². The van der Waals surface area contributed by atoms with Gasteiger partial charge in [-0.05, 0) is 18.2 Å². The van der Waals surface area contributed by atoms with Crippen molar-refractivity contribution in [2.45, 2.75) is 6.18 Å². The van der Waals surface area contributed by atoms with Crippen LogP contribution in [0.15, 0.2) is 30.6 Å². The molecule has 4 nitrogen and oxygen atoms in total. The molecular weight excluding hydrogens is 264 g/mol. The quantitative estimate of drug-likeness (QED) is 0.501. The second-order valence-electron chi connectivity index (χ2n) is 3.59. The van der Waals surface area contributed by atoms with E-state index in [1.54, 1.807) is 0 Å². The smallest absolute Gasteiger partial charge is 0.307 e. The Labute approximate surface area is 105 Å². The van der Waals surface area contributed by atoms with Crippen LogP contribution in [0.5, 0.6) is 0 Å². The van der Waals surface area contributed by atoms with Gasteiger partial charge in [0, 0.05) is 18.0 Å². The number of hydrogen-bond donors (Lipinski definition) is 2. The predicted molar refractivity (Wildman–Crippen MR) is 60.2 cm³/mol. The van der Waals surface area contributed by atoms with Gasteiger partial charge in [-0.2, -0.15) is 13.2 Å². The van der Waals surface area contributed by atoms with E-state index in [2.05, 4.69) is 15.4 Å². The summed E-state index contributed by atoms with van der Waals surface area (Å²) in [5.41, 5.74) is 1.03. The summed E-state index contributed by atoms with van der Waals surface area (Å²) in [6.45, 7) is 0. The molecule has 0 saturated carbocycles. The molecule has 19 heavy (non-hydrogen) atoms. The van der Waals surface area contributed by atoms with Crippen LogP contribution in [0.1, 0.15) is 5.56 Å². The Kier molecular flexibility index (Phi) is 3.34. The lowest BCUT2D eigenvalue weighted by Crippen LogP contribution is -2.11. The monoisotopic (exact) mass is 272 g/mol. The molecule has 1 aromatic carbocycles. The van der Waals surface area contributed by atoms with Crippen molar-refractivity contribution < 1.29 is 17.6 Å². The first kappa shape index (κ1) is 13.2. The highest BCUT2D eigenvalue weighted by Gasteiger charge is 2.34. The highest BCUT2D eigenvalue weighted by atomic mass is 19.4. The Bertz CT molecular complexity index is 597. The first-order valence-electron chi connectivity index (χ1n) is 5.08. The minimum Gasteiger partial charge on any atom is -0.307 e. The van der Waals surface area contributed by atoms with E-state index in [9.17, 15) is 17.6 Å². The van der Waals surface area contributed by atoms with Crippen LogP contribution in [0.25, 0.3) is 11.3 Å². The molecule has 0 bridgehead atoms. The molecule has 2 rings (SSSR count). The maximum absolute atomic E-state index is 13.2. The Hall–Kier alpha value is -2.22. The van der Waals surface area contributed by atoms with Gasteiger partial charge < -0.3 is 5.43 Å². The molecule has 8 heteroatoms. The van der Waals surface area contributed by atoms with E-state index in [0.717, 1.165) is 6.07 Å². The van der Waals surface area contributed by atoms with Gasteiger partial charge in [-0.3, -0.25) is 4.98 Å². The summed E-state index contributed by atoms with van der Waals surface area (Å²) >= 11 is 0. The van der Waals surface area contributed by atoms with E-state index in [-0.39, 0.29) is 17.1 Å². The minimum absolute atomic E-state index is 0.0646. The third-order valence-corrected chi connectivity index (χ3v) is 2.38. The van der Waals surface area contributed by atoms with Crippen molar-refractivity contribution in [1.29, 1.82) is 0 Å².